The number of ether oxygens (including phenoxy) is 1. The first-order valence-corrected chi connectivity index (χ1v) is 8.42. The van der Waals surface area contributed by atoms with Crippen LogP contribution < -0.4 is 5.32 Å². The molecule has 2 aromatic rings. The van der Waals surface area contributed by atoms with Gasteiger partial charge in [-0.25, -0.2) is 4.79 Å². The number of nitrogens with one attached hydrogen (secondary N) is 1. The van der Waals surface area contributed by atoms with Crippen LogP contribution in [0.4, 0.5) is 0 Å². The second kappa shape index (κ2) is 6.99. The number of fused-ring (bicyclic) bond motifs is 1. The fourth-order valence-electron chi connectivity index (χ4n) is 3.14. The largest absolute Gasteiger partial charge is 0.449 e. The van der Waals surface area contributed by atoms with Crippen molar-refractivity contribution in [3.05, 3.63) is 41.6 Å². The summed E-state index contributed by atoms with van der Waals surface area (Å²) in [5.41, 5.74) is 1.93. The predicted molar refractivity (Wildman–Crippen MR) is 91.8 cm³/mol. The molecule has 126 valence electrons. The summed E-state index contributed by atoms with van der Waals surface area (Å²) >= 11 is 0. The fourth-order valence-corrected chi connectivity index (χ4v) is 3.14. The summed E-state index contributed by atoms with van der Waals surface area (Å²) in [7, 11) is 0. The molecule has 1 aromatic heterocycles. The van der Waals surface area contributed by atoms with Crippen LogP contribution in [-0.4, -0.2) is 29.0 Å². The van der Waals surface area contributed by atoms with Crippen LogP contribution in [-0.2, 0) is 9.53 Å². The number of nitrogens with zero attached hydrogens (tertiary/aromatic N) is 1. The van der Waals surface area contributed by atoms with Crippen molar-refractivity contribution >= 4 is 22.8 Å². The average Bonchev–Trinajstić information content (AvgIpc) is 3.06. The molecule has 1 aliphatic carbocycles. The van der Waals surface area contributed by atoms with Crippen LogP contribution in [0.25, 0.3) is 10.9 Å². The zero-order valence-electron chi connectivity index (χ0n) is 14.0. The van der Waals surface area contributed by atoms with Gasteiger partial charge in [-0.15, -0.1) is 0 Å². The SMILES string of the molecule is Cc1cc(C(=O)OC(C)C(=O)NC2CCCC2)c2ccccc2n1. The molecule has 0 radical (unpaired) electrons. The Hall–Kier alpha value is -2.43. The molecule has 1 saturated carbocycles. The third-order valence-electron chi connectivity index (χ3n) is 4.42. The van der Waals surface area contributed by atoms with E-state index in [1.54, 1.807) is 13.0 Å². The minimum absolute atomic E-state index is 0.211. The highest BCUT2D eigenvalue weighted by Gasteiger charge is 2.24. The summed E-state index contributed by atoms with van der Waals surface area (Å²) in [6, 6.07) is 9.33. The maximum absolute atomic E-state index is 12.5. The van der Waals surface area contributed by atoms with Crippen LogP contribution in [0.15, 0.2) is 30.3 Å². The Morgan fingerprint density at radius 3 is 2.71 bits per heavy atom. The lowest BCUT2D eigenvalue weighted by atomic mass is 10.1. The van der Waals surface area contributed by atoms with Crippen molar-refractivity contribution in [2.24, 2.45) is 0 Å². The molecule has 1 aliphatic rings. The number of amides is 1. The van der Waals surface area contributed by atoms with Gasteiger partial charge in [-0.1, -0.05) is 31.0 Å². The standard InChI is InChI=1S/C19H22N2O3/c1-12-11-16(15-9-5-6-10-17(15)20-12)19(23)24-13(2)18(22)21-14-7-3-4-8-14/h5-6,9-11,13-14H,3-4,7-8H2,1-2H3,(H,21,22). The topological polar surface area (TPSA) is 68.3 Å². The van der Waals surface area contributed by atoms with E-state index in [9.17, 15) is 9.59 Å². The molecule has 1 atom stereocenters. The Balaban J connectivity index is 1.73. The van der Waals surface area contributed by atoms with E-state index in [1.165, 1.54) is 0 Å². The minimum atomic E-state index is -0.815. The average molecular weight is 326 g/mol. The molecule has 0 aliphatic heterocycles. The molecule has 1 amide bonds. The second-order valence-corrected chi connectivity index (χ2v) is 6.37. The van der Waals surface area contributed by atoms with E-state index in [0.717, 1.165) is 42.3 Å². The number of carbonyl (C=O) groups is 2. The van der Waals surface area contributed by atoms with Crippen molar-refractivity contribution in [2.45, 2.75) is 51.7 Å². The van der Waals surface area contributed by atoms with E-state index in [1.807, 2.05) is 31.2 Å². The third-order valence-corrected chi connectivity index (χ3v) is 4.42. The molecule has 5 nitrogen and oxygen atoms in total. The van der Waals surface area contributed by atoms with Crippen LogP contribution in [0, 0.1) is 6.92 Å². The maximum Gasteiger partial charge on any atom is 0.339 e. The third kappa shape index (κ3) is 3.55. The van der Waals surface area contributed by atoms with Gasteiger partial charge in [0.2, 0.25) is 0 Å². The van der Waals surface area contributed by atoms with Crippen molar-refractivity contribution < 1.29 is 14.3 Å². The fraction of sp³-hybridized carbons (Fsp3) is 0.421. The van der Waals surface area contributed by atoms with Gasteiger partial charge in [0.15, 0.2) is 6.10 Å². The molecule has 1 N–H and O–H groups in total. The molecular formula is C19H22N2O3. The van der Waals surface area contributed by atoms with Gasteiger partial charge in [-0.05, 0) is 38.8 Å². The van der Waals surface area contributed by atoms with E-state index < -0.39 is 12.1 Å². The monoisotopic (exact) mass is 326 g/mol. The second-order valence-electron chi connectivity index (χ2n) is 6.37. The van der Waals surface area contributed by atoms with Gasteiger partial charge in [0.25, 0.3) is 5.91 Å². The lowest BCUT2D eigenvalue weighted by Gasteiger charge is -2.17. The van der Waals surface area contributed by atoms with Gasteiger partial charge in [-0.3, -0.25) is 9.78 Å². The van der Waals surface area contributed by atoms with Crippen LogP contribution in [0.5, 0.6) is 0 Å². The smallest absolute Gasteiger partial charge is 0.339 e. The summed E-state index contributed by atoms with van der Waals surface area (Å²) in [5.74, 6) is -0.726. The molecule has 1 heterocycles. The molecule has 5 heteroatoms. The van der Waals surface area contributed by atoms with Gasteiger partial charge in [0, 0.05) is 17.1 Å². The quantitative estimate of drug-likeness (QED) is 0.876. The summed E-state index contributed by atoms with van der Waals surface area (Å²) in [6.45, 7) is 3.44. The minimum Gasteiger partial charge on any atom is -0.449 e. The van der Waals surface area contributed by atoms with Crippen molar-refractivity contribution in [1.82, 2.24) is 10.3 Å². The van der Waals surface area contributed by atoms with Crippen molar-refractivity contribution in [3.8, 4) is 0 Å². The summed E-state index contributed by atoms with van der Waals surface area (Å²) in [6.07, 6.45) is 3.47. The van der Waals surface area contributed by atoms with Gasteiger partial charge < -0.3 is 10.1 Å². The number of hydrogen-bond donors (Lipinski definition) is 1. The number of pyridine rings is 1. The van der Waals surface area contributed by atoms with E-state index >= 15 is 0 Å². The number of para-hydroxylation sites is 1. The van der Waals surface area contributed by atoms with E-state index in [4.69, 9.17) is 4.74 Å². The molecule has 24 heavy (non-hydrogen) atoms. The lowest BCUT2D eigenvalue weighted by molar-refractivity contribution is -0.129. The number of rotatable bonds is 4. The van der Waals surface area contributed by atoms with E-state index in [2.05, 4.69) is 10.3 Å². The molecule has 3 rings (SSSR count). The highest BCUT2D eigenvalue weighted by atomic mass is 16.5. The Bertz CT molecular complexity index is 766. The highest BCUT2D eigenvalue weighted by molar-refractivity contribution is 6.04. The Morgan fingerprint density at radius 2 is 1.96 bits per heavy atom. The van der Waals surface area contributed by atoms with Gasteiger partial charge in [0.05, 0.1) is 11.1 Å². The lowest BCUT2D eigenvalue weighted by Crippen LogP contribution is -2.40. The number of benzene rings is 1. The molecule has 1 fully saturated rings. The normalized spacial score (nSPS) is 16.1. The van der Waals surface area contributed by atoms with E-state index in [0.29, 0.717) is 5.56 Å². The Kier molecular flexibility index (Phi) is 4.79. The van der Waals surface area contributed by atoms with Gasteiger partial charge in [0.1, 0.15) is 0 Å². The maximum atomic E-state index is 12.5. The zero-order valence-corrected chi connectivity index (χ0v) is 14.0. The Labute approximate surface area is 141 Å². The summed E-state index contributed by atoms with van der Waals surface area (Å²) in [4.78, 5) is 29.1. The first-order valence-electron chi connectivity index (χ1n) is 8.42. The number of carbonyl (C=O) groups excluding carboxylic acids is 2. The molecular weight excluding hydrogens is 304 g/mol. The van der Waals surface area contributed by atoms with Crippen molar-refractivity contribution in [1.29, 1.82) is 0 Å². The van der Waals surface area contributed by atoms with Crippen molar-refractivity contribution in [2.75, 3.05) is 0 Å². The summed E-state index contributed by atoms with van der Waals surface area (Å²) in [5, 5.41) is 3.69. The van der Waals surface area contributed by atoms with Gasteiger partial charge >= 0.3 is 5.97 Å². The van der Waals surface area contributed by atoms with Gasteiger partial charge in [-0.2, -0.15) is 0 Å². The molecule has 1 unspecified atom stereocenters. The van der Waals surface area contributed by atoms with Crippen LogP contribution in [0.2, 0.25) is 0 Å². The molecule has 0 spiro atoms. The first-order chi connectivity index (χ1) is 11.5. The van der Waals surface area contributed by atoms with Crippen molar-refractivity contribution in [3.63, 3.8) is 0 Å². The van der Waals surface area contributed by atoms with E-state index in [-0.39, 0.29) is 11.9 Å². The predicted octanol–water partition coefficient (Wildman–Crippen LogP) is 3.15. The number of aromatic nitrogens is 1. The van der Waals surface area contributed by atoms with Crippen LogP contribution in [0.1, 0.15) is 48.7 Å². The molecule has 0 saturated heterocycles. The number of esters is 1. The van der Waals surface area contributed by atoms with Crippen LogP contribution in [0.3, 0.4) is 0 Å². The first kappa shape index (κ1) is 16.4. The number of hydrogen-bond acceptors (Lipinski definition) is 4. The molecule has 0 bridgehead atoms. The Morgan fingerprint density at radius 1 is 1.25 bits per heavy atom. The van der Waals surface area contributed by atoms with Crippen LogP contribution >= 0.6 is 0 Å². The zero-order chi connectivity index (χ0) is 17.1. The summed E-state index contributed by atoms with van der Waals surface area (Å²) < 4.78 is 5.39. The molecule has 1 aromatic carbocycles. The number of aryl methyl sites for hydroxylation is 1. The highest BCUT2D eigenvalue weighted by Crippen LogP contribution is 2.20.